The molecule has 0 bridgehead atoms. The van der Waals surface area contributed by atoms with Crippen molar-refractivity contribution in [2.45, 2.75) is 19.3 Å². The molecule has 0 saturated carbocycles. The summed E-state index contributed by atoms with van der Waals surface area (Å²) in [4.78, 5) is 24.6. The Balaban J connectivity index is 1.93. The summed E-state index contributed by atoms with van der Waals surface area (Å²) >= 11 is 0. The Hall–Kier alpha value is -2.30. The van der Waals surface area contributed by atoms with E-state index in [9.17, 15) is 14.7 Å². The predicted octanol–water partition coefficient (Wildman–Crippen LogP) is 2.12. The van der Waals surface area contributed by atoms with Crippen LogP contribution in [0.25, 0.3) is 6.08 Å². The predicted molar refractivity (Wildman–Crippen MR) is 78.7 cm³/mol. The van der Waals surface area contributed by atoms with E-state index >= 15 is 0 Å². The van der Waals surface area contributed by atoms with E-state index in [1.54, 1.807) is 35.2 Å². The second kappa shape index (κ2) is 6.92. The zero-order chi connectivity index (χ0) is 15.2. The summed E-state index contributed by atoms with van der Waals surface area (Å²) in [6, 6.07) is 6.58. The standard InChI is InChI=1S/C16H19NO4/c18-14-6-3-12(4-7-14)5-8-15(19)17-9-1-2-13(11-17)10-16(20)21/h3-8,13,18H,1-2,9-11H2,(H,20,21). The number of amides is 1. The van der Waals surface area contributed by atoms with Gasteiger partial charge in [0.2, 0.25) is 5.91 Å². The molecule has 112 valence electrons. The maximum Gasteiger partial charge on any atom is 0.303 e. The summed E-state index contributed by atoms with van der Waals surface area (Å²) in [5.74, 6) is -0.680. The topological polar surface area (TPSA) is 77.8 Å². The van der Waals surface area contributed by atoms with Crippen molar-refractivity contribution in [2.24, 2.45) is 5.92 Å². The molecule has 1 unspecified atom stereocenters. The summed E-state index contributed by atoms with van der Waals surface area (Å²) in [7, 11) is 0. The Morgan fingerprint density at radius 3 is 2.67 bits per heavy atom. The molecule has 1 aliphatic rings. The number of phenolic OH excluding ortho intramolecular Hbond substituents is 1. The van der Waals surface area contributed by atoms with Crippen molar-refractivity contribution >= 4 is 18.0 Å². The molecule has 1 aromatic rings. The number of benzene rings is 1. The first kappa shape index (κ1) is 15.1. The van der Waals surface area contributed by atoms with Crippen LogP contribution in [-0.2, 0) is 9.59 Å². The van der Waals surface area contributed by atoms with Gasteiger partial charge in [0.25, 0.3) is 0 Å². The highest BCUT2D eigenvalue weighted by atomic mass is 16.4. The van der Waals surface area contributed by atoms with E-state index in [0.29, 0.717) is 13.1 Å². The van der Waals surface area contributed by atoms with Gasteiger partial charge in [-0.2, -0.15) is 0 Å². The summed E-state index contributed by atoms with van der Waals surface area (Å²) in [6.45, 7) is 1.18. The molecule has 5 heteroatoms. The zero-order valence-corrected chi connectivity index (χ0v) is 11.7. The molecule has 1 saturated heterocycles. The lowest BCUT2D eigenvalue weighted by atomic mass is 9.95. The van der Waals surface area contributed by atoms with Crippen molar-refractivity contribution in [1.82, 2.24) is 4.90 Å². The minimum Gasteiger partial charge on any atom is -0.508 e. The fourth-order valence-electron chi connectivity index (χ4n) is 2.54. The summed E-state index contributed by atoms with van der Waals surface area (Å²) in [5, 5.41) is 18.0. The third-order valence-corrected chi connectivity index (χ3v) is 3.61. The lowest BCUT2D eigenvalue weighted by Crippen LogP contribution is -2.39. The number of carbonyl (C=O) groups excluding carboxylic acids is 1. The van der Waals surface area contributed by atoms with Gasteiger partial charge in [-0.3, -0.25) is 9.59 Å². The normalized spacial score (nSPS) is 18.9. The number of aliphatic carboxylic acids is 1. The van der Waals surface area contributed by atoms with Crippen LogP contribution in [0.2, 0.25) is 0 Å². The van der Waals surface area contributed by atoms with Gasteiger partial charge in [0.15, 0.2) is 0 Å². The third-order valence-electron chi connectivity index (χ3n) is 3.61. The maximum atomic E-state index is 12.1. The third kappa shape index (κ3) is 4.63. The molecule has 2 rings (SSSR count). The number of carbonyl (C=O) groups is 2. The summed E-state index contributed by atoms with van der Waals surface area (Å²) < 4.78 is 0. The van der Waals surface area contributed by atoms with E-state index in [1.165, 1.54) is 6.08 Å². The van der Waals surface area contributed by atoms with E-state index in [4.69, 9.17) is 5.11 Å². The van der Waals surface area contributed by atoms with Gasteiger partial charge in [-0.1, -0.05) is 12.1 Å². The molecule has 0 aliphatic carbocycles. The molecule has 1 aromatic carbocycles. The van der Waals surface area contributed by atoms with Crippen LogP contribution < -0.4 is 0 Å². The molecular weight excluding hydrogens is 270 g/mol. The lowest BCUT2D eigenvalue weighted by Gasteiger charge is -2.31. The highest BCUT2D eigenvalue weighted by Crippen LogP contribution is 2.20. The second-order valence-electron chi connectivity index (χ2n) is 5.32. The lowest BCUT2D eigenvalue weighted by molar-refractivity contribution is -0.139. The van der Waals surface area contributed by atoms with Crippen LogP contribution in [0.3, 0.4) is 0 Å². The van der Waals surface area contributed by atoms with Crippen LogP contribution in [0, 0.1) is 5.92 Å². The van der Waals surface area contributed by atoms with Crippen LogP contribution >= 0.6 is 0 Å². The molecule has 2 N–H and O–H groups in total. The number of nitrogens with zero attached hydrogens (tertiary/aromatic N) is 1. The summed E-state index contributed by atoms with van der Waals surface area (Å²) in [5.41, 5.74) is 0.834. The minimum absolute atomic E-state index is 0.0438. The first-order valence-electron chi connectivity index (χ1n) is 7.02. The zero-order valence-electron chi connectivity index (χ0n) is 11.7. The molecule has 0 aromatic heterocycles. The van der Waals surface area contributed by atoms with Crippen molar-refractivity contribution in [3.63, 3.8) is 0 Å². The molecule has 1 atom stereocenters. The number of carboxylic acid groups (broad SMARTS) is 1. The Morgan fingerprint density at radius 1 is 1.29 bits per heavy atom. The van der Waals surface area contributed by atoms with Crippen molar-refractivity contribution in [2.75, 3.05) is 13.1 Å². The van der Waals surface area contributed by atoms with Crippen molar-refractivity contribution < 1.29 is 19.8 Å². The van der Waals surface area contributed by atoms with E-state index in [-0.39, 0.29) is 24.0 Å². The fourth-order valence-corrected chi connectivity index (χ4v) is 2.54. The molecule has 1 aliphatic heterocycles. The number of phenols is 1. The number of carboxylic acids is 1. The number of piperidine rings is 1. The first-order chi connectivity index (χ1) is 10.0. The Bertz CT molecular complexity index is 536. The molecular formula is C16H19NO4. The van der Waals surface area contributed by atoms with Gasteiger partial charge in [-0.25, -0.2) is 0 Å². The van der Waals surface area contributed by atoms with Crippen LogP contribution in [0.1, 0.15) is 24.8 Å². The van der Waals surface area contributed by atoms with Gasteiger partial charge in [0, 0.05) is 25.6 Å². The average molecular weight is 289 g/mol. The van der Waals surface area contributed by atoms with Gasteiger partial charge in [0.1, 0.15) is 5.75 Å². The molecule has 21 heavy (non-hydrogen) atoms. The van der Waals surface area contributed by atoms with Crippen LogP contribution in [-0.4, -0.2) is 40.1 Å². The molecule has 0 spiro atoms. The Labute approximate surface area is 123 Å². The number of rotatable bonds is 4. The number of hydrogen-bond donors (Lipinski definition) is 2. The van der Waals surface area contributed by atoms with Crippen LogP contribution in [0.4, 0.5) is 0 Å². The highest BCUT2D eigenvalue weighted by Gasteiger charge is 2.23. The largest absolute Gasteiger partial charge is 0.508 e. The molecule has 1 fully saturated rings. The Kier molecular flexibility index (Phi) is 4.98. The monoisotopic (exact) mass is 289 g/mol. The number of aromatic hydroxyl groups is 1. The van der Waals surface area contributed by atoms with E-state index in [0.717, 1.165) is 18.4 Å². The molecule has 0 radical (unpaired) electrons. The minimum atomic E-state index is -0.811. The second-order valence-corrected chi connectivity index (χ2v) is 5.32. The van der Waals surface area contributed by atoms with Gasteiger partial charge >= 0.3 is 5.97 Å². The van der Waals surface area contributed by atoms with Gasteiger partial charge < -0.3 is 15.1 Å². The van der Waals surface area contributed by atoms with Crippen molar-refractivity contribution in [3.05, 3.63) is 35.9 Å². The quantitative estimate of drug-likeness (QED) is 0.832. The van der Waals surface area contributed by atoms with Crippen molar-refractivity contribution in [3.8, 4) is 5.75 Å². The van der Waals surface area contributed by atoms with Gasteiger partial charge in [0.05, 0.1) is 0 Å². The molecule has 1 heterocycles. The smallest absolute Gasteiger partial charge is 0.303 e. The average Bonchev–Trinajstić information content (AvgIpc) is 2.46. The van der Waals surface area contributed by atoms with Crippen molar-refractivity contribution in [1.29, 1.82) is 0 Å². The number of likely N-dealkylation sites (tertiary alicyclic amines) is 1. The highest BCUT2D eigenvalue weighted by molar-refractivity contribution is 5.91. The van der Waals surface area contributed by atoms with E-state index in [2.05, 4.69) is 0 Å². The Morgan fingerprint density at radius 2 is 2.00 bits per heavy atom. The van der Waals surface area contributed by atoms with Gasteiger partial charge in [-0.15, -0.1) is 0 Å². The van der Waals surface area contributed by atoms with Crippen LogP contribution in [0.5, 0.6) is 5.75 Å². The van der Waals surface area contributed by atoms with Crippen LogP contribution in [0.15, 0.2) is 30.3 Å². The van der Waals surface area contributed by atoms with E-state index in [1.807, 2.05) is 0 Å². The molecule has 5 nitrogen and oxygen atoms in total. The fraction of sp³-hybridized carbons (Fsp3) is 0.375. The summed E-state index contributed by atoms with van der Waals surface area (Å²) in [6.07, 6.45) is 5.01. The van der Waals surface area contributed by atoms with Gasteiger partial charge in [-0.05, 0) is 42.5 Å². The first-order valence-corrected chi connectivity index (χ1v) is 7.02. The molecule has 1 amide bonds. The number of hydrogen-bond acceptors (Lipinski definition) is 3. The maximum absolute atomic E-state index is 12.1. The van der Waals surface area contributed by atoms with E-state index < -0.39 is 5.97 Å². The SMILES string of the molecule is O=C(O)CC1CCCN(C(=O)C=Cc2ccc(O)cc2)C1.